The van der Waals surface area contributed by atoms with Crippen LogP contribution < -0.4 is 15.4 Å². The lowest BCUT2D eigenvalue weighted by molar-refractivity contribution is 0.0301. The molecule has 0 fully saturated rings. The molecule has 0 aromatic heterocycles. The second-order valence-corrected chi connectivity index (χ2v) is 6.85. The molecule has 0 saturated carbocycles. The molecular formula is C19H33ClIN3O3. The van der Waals surface area contributed by atoms with Crippen LogP contribution in [0.5, 0.6) is 5.75 Å². The van der Waals surface area contributed by atoms with Gasteiger partial charge in [0.25, 0.3) is 0 Å². The minimum atomic E-state index is -0.611. The summed E-state index contributed by atoms with van der Waals surface area (Å²) >= 11 is 6.26. The zero-order chi connectivity index (χ0) is 19.4. The van der Waals surface area contributed by atoms with Crippen molar-refractivity contribution in [2.45, 2.75) is 33.3 Å². The number of rotatable bonds is 11. The number of benzene rings is 1. The van der Waals surface area contributed by atoms with Crippen LogP contribution in [0.1, 0.15) is 26.3 Å². The lowest BCUT2D eigenvalue weighted by Gasteiger charge is -2.14. The summed E-state index contributed by atoms with van der Waals surface area (Å²) in [5.74, 6) is 1.87. The zero-order valence-electron chi connectivity index (χ0n) is 16.6. The highest BCUT2D eigenvalue weighted by atomic mass is 127. The fraction of sp³-hybridized carbons (Fsp3) is 0.632. The van der Waals surface area contributed by atoms with E-state index in [0.717, 1.165) is 24.3 Å². The van der Waals surface area contributed by atoms with Crippen molar-refractivity contribution >= 4 is 41.5 Å². The number of aliphatic hydroxyl groups is 1. The molecule has 156 valence electrons. The fourth-order valence-corrected chi connectivity index (χ4v) is 2.47. The van der Waals surface area contributed by atoms with E-state index in [4.69, 9.17) is 21.1 Å². The van der Waals surface area contributed by atoms with Gasteiger partial charge in [0, 0.05) is 24.7 Å². The molecule has 0 radical (unpaired) electrons. The van der Waals surface area contributed by atoms with E-state index in [-0.39, 0.29) is 30.5 Å². The predicted octanol–water partition coefficient (Wildman–Crippen LogP) is 3.10. The average Bonchev–Trinajstić information content (AvgIpc) is 2.60. The van der Waals surface area contributed by atoms with Gasteiger partial charge in [-0.2, -0.15) is 0 Å². The highest BCUT2D eigenvalue weighted by Crippen LogP contribution is 2.22. The molecule has 0 bridgehead atoms. The van der Waals surface area contributed by atoms with E-state index in [2.05, 4.69) is 29.5 Å². The SMILES string of the molecule is CCNC(=NCC(O)COCC(C)C)NCCc1ccc(OC)cc1Cl.I. The average molecular weight is 514 g/mol. The topological polar surface area (TPSA) is 75.1 Å². The van der Waals surface area contributed by atoms with Gasteiger partial charge in [0.2, 0.25) is 0 Å². The highest BCUT2D eigenvalue weighted by molar-refractivity contribution is 14.0. The van der Waals surface area contributed by atoms with Crippen LogP contribution in [0.4, 0.5) is 0 Å². The maximum atomic E-state index is 9.95. The quantitative estimate of drug-likeness (QED) is 0.241. The van der Waals surface area contributed by atoms with Gasteiger partial charge in [-0.1, -0.05) is 31.5 Å². The molecule has 0 aliphatic rings. The smallest absolute Gasteiger partial charge is 0.191 e. The van der Waals surface area contributed by atoms with Crippen molar-refractivity contribution < 1.29 is 14.6 Å². The molecule has 3 N–H and O–H groups in total. The summed E-state index contributed by atoms with van der Waals surface area (Å²) < 4.78 is 10.6. The number of guanidine groups is 1. The zero-order valence-corrected chi connectivity index (χ0v) is 19.7. The van der Waals surface area contributed by atoms with Crippen molar-refractivity contribution in [2.24, 2.45) is 10.9 Å². The molecule has 1 aromatic rings. The lowest BCUT2D eigenvalue weighted by atomic mass is 10.1. The second kappa shape index (κ2) is 15.2. The first-order valence-corrected chi connectivity index (χ1v) is 9.44. The first kappa shape index (κ1) is 26.2. The van der Waals surface area contributed by atoms with Crippen LogP contribution in [0, 0.1) is 5.92 Å². The van der Waals surface area contributed by atoms with Crippen molar-refractivity contribution in [3.05, 3.63) is 28.8 Å². The van der Waals surface area contributed by atoms with Crippen molar-refractivity contribution in [3.63, 3.8) is 0 Å². The highest BCUT2D eigenvalue weighted by Gasteiger charge is 2.06. The van der Waals surface area contributed by atoms with Gasteiger partial charge < -0.3 is 25.2 Å². The number of nitrogens with one attached hydrogen (secondary N) is 2. The van der Waals surface area contributed by atoms with Gasteiger partial charge in [0.05, 0.1) is 26.4 Å². The Bertz CT molecular complexity index is 559. The standard InChI is InChI=1S/C19H32ClN3O3.HI/c1-5-21-19(23-11-16(24)13-26-12-14(2)3)22-9-8-15-6-7-17(25-4)10-18(15)20;/h6-7,10,14,16,24H,5,8-9,11-13H2,1-4H3,(H2,21,22,23);1H. The van der Waals surface area contributed by atoms with E-state index < -0.39 is 6.10 Å². The minimum Gasteiger partial charge on any atom is -0.497 e. The maximum absolute atomic E-state index is 9.95. The Morgan fingerprint density at radius 3 is 2.59 bits per heavy atom. The van der Waals surface area contributed by atoms with Crippen LogP contribution >= 0.6 is 35.6 Å². The minimum absolute atomic E-state index is 0. The van der Waals surface area contributed by atoms with E-state index in [1.807, 2.05) is 25.1 Å². The molecule has 1 rings (SSSR count). The maximum Gasteiger partial charge on any atom is 0.191 e. The monoisotopic (exact) mass is 513 g/mol. The van der Waals surface area contributed by atoms with Crippen molar-refractivity contribution in [3.8, 4) is 5.75 Å². The Hall–Kier alpha value is -0.770. The van der Waals surface area contributed by atoms with Crippen LogP contribution in [0.15, 0.2) is 23.2 Å². The number of methoxy groups -OCH3 is 1. The lowest BCUT2D eigenvalue weighted by Crippen LogP contribution is -2.39. The third-order valence-electron chi connectivity index (χ3n) is 3.51. The third kappa shape index (κ3) is 11.6. The largest absolute Gasteiger partial charge is 0.497 e. The Balaban J connectivity index is 0.00000676. The van der Waals surface area contributed by atoms with Gasteiger partial charge in [0.15, 0.2) is 5.96 Å². The molecule has 1 aromatic carbocycles. The molecule has 0 aliphatic heterocycles. The number of hydrogen-bond donors (Lipinski definition) is 3. The van der Waals surface area contributed by atoms with Gasteiger partial charge in [-0.15, -0.1) is 24.0 Å². The molecule has 27 heavy (non-hydrogen) atoms. The molecule has 0 amide bonds. The van der Waals surface area contributed by atoms with Crippen molar-refractivity contribution in [1.29, 1.82) is 0 Å². The van der Waals surface area contributed by atoms with Gasteiger partial charge >= 0.3 is 0 Å². The Morgan fingerprint density at radius 1 is 1.26 bits per heavy atom. The molecule has 8 heteroatoms. The Labute approximate surface area is 185 Å². The van der Waals surface area contributed by atoms with E-state index >= 15 is 0 Å². The first-order chi connectivity index (χ1) is 12.5. The number of halogens is 2. The van der Waals surface area contributed by atoms with E-state index in [9.17, 15) is 5.11 Å². The van der Waals surface area contributed by atoms with Crippen LogP contribution in [0.2, 0.25) is 5.02 Å². The van der Waals surface area contributed by atoms with Crippen LogP contribution in [0.25, 0.3) is 0 Å². The van der Waals surface area contributed by atoms with Crippen LogP contribution in [-0.2, 0) is 11.2 Å². The van der Waals surface area contributed by atoms with Crippen LogP contribution in [-0.4, -0.2) is 57.1 Å². The first-order valence-electron chi connectivity index (χ1n) is 9.06. The predicted molar refractivity (Wildman–Crippen MR) is 123 cm³/mol. The summed E-state index contributed by atoms with van der Waals surface area (Å²) in [6, 6.07) is 5.67. The Morgan fingerprint density at radius 2 is 2.00 bits per heavy atom. The molecule has 0 heterocycles. The van der Waals surface area contributed by atoms with Gasteiger partial charge in [-0.25, -0.2) is 0 Å². The molecule has 0 saturated heterocycles. The van der Waals surface area contributed by atoms with Crippen LogP contribution in [0.3, 0.4) is 0 Å². The number of aliphatic imine (C=N–C) groups is 1. The summed E-state index contributed by atoms with van der Waals surface area (Å²) in [5, 5.41) is 17.1. The summed E-state index contributed by atoms with van der Waals surface area (Å²) in [7, 11) is 1.62. The molecule has 1 unspecified atom stereocenters. The third-order valence-corrected chi connectivity index (χ3v) is 3.86. The van der Waals surface area contributed by atoms with Gasteiger partial charge in [-0.3, -0.25) is 4.99 Å². The molecule has 6 nitrogen and oxygen atoms in total. The fourth-order valence-electron chi connectivity index (χ4n) is 2.20. The summed E-state index contributed by atoms with van der Waals surface area (Å²) in [6.45, 7) is 8.80. The number of aliphatic hydroxyl groups excluding tert-OH is 1. The number of hydrogen-bond acceptors (Lipinski definition) is 4. The van der Waals surface area contributed by atoms with E-state index in [1.54, 1.807) is 7.11 Å². The summed E-state index contributed by atoms with van der Waals surface area (Å²) in [4.78, 5) is 4.40. The molecule has 1 atom stereocenters. The van der Waals surface area contributed by atoms with Gasteiger partial charge in [-0.05, 0) is 37.0 Å². The van der Waals surface area contributed by atoms with Crippen molar-refractivity contribution in [1.82, 2.24) is 10.6 Å². The van der Waals surface area contributed by atoms with E-state index in [1.165, 1.54) is 0 Å². The molecule has 0 spiro atoms. The van der Waals surface area contributed by atoms with Gasteiger partial charge in [0.1, 0.15) is 5.75 Å². The molecule has 0 aliphatic carbocycles. The second-order valence-electron chi connectivity index (χ2n) is 6.44. The normalized spacial score (nSPS) is 12.5. The Kier molecular flexibility index (Phi) is 14.8. The summed E-state index contributed by atoms with van der Waals surface area (Å²) in [5.41, 5.74) is 1.04. The summed E-state index contributed by atoms with van der Waals surface area (Å²) in [6.07, 6.45) is 0.146. The van der Waals surface area contributed by atoms with Crippen molar-refractivity contribution in [2.75, 3.05) is 40.0 Å². The van der Waals surface area contributed by atoms with E-state index in [0.29, 0.717) is 36.7 Å². The number of nitrogens with zero attached hydrogens (tertiary/aromatic N) is 1. The molecular weight excluding hydrogens is 481 g/mol. The number of ether oxygens (including phenoxy) is 2.